The van der Waals surface area contributed by atoms with Crippen molar-refractivity contribution in [1.29, 1.82) is 0 Å². The van der Waals surface area contributed by atoms with Crippen LogP contribution in [-0.2, 0) is 6.42 Å². The van der Waals surface area contributed by atoms with Crippen LogP contribution < -0.4 is 9.47 Å². The molecule has 2 heterocycles. The number of aliphatic hydroxyl groups is 1. The summed E-state index contributed by atoms with van der Waals surface area (Å²) in [6.45, 7) is 2.24. The van der Waals surface area contributed by atoms with E-state index in [1.165, 1.54) is 0 Å². The van der Waals surface area contributed by atoms with Gasteiger partial charge in [0.25, 0.3) is 0 Å². The number of ether oxygens (including phenoxy) is 2. The number of aliphatic hydroxyl groups excluding tert-OH is 1. The Morgan fingerprint density at radius 2 is 2.05 bits per heavy atom. The molecule has 0 saturated carbocycles. The number of pyridine rings is 1. The summed E-state index contributed by atoms with van der Waals surface area (Å²) in [7, 11) is 0. The van der Waals surface area contributed by atoms with E-state index in [0.29, 0.717) is 12.2 Å². The van der Waals surface area contributed by atoms with Crippen LogP contribution in [-0.4, -0.2) is 16.9 Å². The molecule has 19 heavy (non-hydrogen) atoms. The Labute approximate surface area is 111 Å². The van der Waals surface area contributed by atoms with E-state index in [4.69, 9.17) is 9.47 Å². The smallest absolute Gasteiger partial charge is 0.231 e. The van der Waals surface area contributed by atoms with E-state index in [1.54, 1.807) is 0 Å². The third-order valence-corrected chi connectivity index (χ3v) is 3.16. The van der Waals surface area contributed by atoms with Crippen molar-refractivity contribution in [3.05, 3.63) is 53.3 Å². The Bertz CT molecular complexity index is 580. The van der Waals surface area contributed by atoms with Gasteiger partial charge in [0.15, 0.2) is 11.5 Å². The molecule has 1 unspecified atom stereocenters. The topological polar surface area (TPSA) is 51.6 Å². The number of hydrogen-bond acceptors (Lipinski definition) is 4. The lowest BCUT2D eigenvalue weighted by Gasteiger charge is -2.11. The molecule has 0 bridgehead atoms. The van der Waals surface area contributed by atoms with E-state index in [2.05, 4.69) is 4.98 Å². The molecule has 1 aromatic heterocycles. The minimum atomic E-state index is -0.593. The van der Waals surface area contributed by atoms with Crippen molar-refractivity contribution in [3.8, 4) is 11.5 Å². The van der Waals surface area contributed by atoms with E-state index in [-0.39, 0.29) is 6.79 Å². The first kappa shape index (κ1) is 12.0. The van der Waals surface area contributed by atoms with Crippen molar-refractivity contribution in [2.75, 3.05) is 6.79 Å². The molecule has 0 saturated heterocycles. The molecule has 4 nitrogen and oxygen atoms in total. The van der Waals surface area contributed by atoms with Gasteiger partial charge in [0.1, 0.15) is 0 Å². The predicted molar refractivity (Wildman–Crippen MR) is 70.2 cm³/mol. The molecule has 0 fully saturated rings. The van der Waals surface area contributed by atoms with Gasteiger partial charge in [0, 0.05) is 18.3 Å². The van der Waals surface area contributed by atoms with Crippen molar-refractivity contribution < 1.29 is 14.6 Å². The van der Waals surface area contributed by atoms with Crippen LogP contribution in [0.5, 0.6) is 11.5 Å². The molecular weight excluding hydrogens is 242 g/mol. The molecule has 1 aliphatic heterocycles. The molecule has 1 aromatic carbocycles. The summed E-state index contributed by atoms with van der Waals surface area (Å²) in [5.74, 6) is 1.41. The quantitative estimate of drug-likeness (QED) is 0.917. The molecule has 0 spiro atoms. The highest BCUT2D eigenvalue weighted by Gasteiger charge is 2.17. The van der Waals surface area contributed by atoms with E-state index < -0.39 is 6.10 Å². The number of hydrogen-bond donors (Lipinski definition) is 1. The average Bonchev–Trinajstić information content (AvgIpc) is 2.88. The lowest BCUT2D eigenvalue weighted by atomic mass is 10.0. The Balaban J connectivity index is 1.76. The second kappa shape index (κ2) is 4.90. The fourth-order valence-electron chi connectivity index (χ4n) is 2.06. The minimum absolute atomic E-state index is 0.244. The van der Waals surface area contributed by atoms with Gasteiger partial charge in [0.05, 0.1) is 6.10 Å². The highest BCUT2D eigenvalue weighted by Crippen LogP contribution is 2.34. The SMILES string of the molecule is Cc1ccc(CC(O)c2ccc3c(c2)OCO3)nc1. The van der Waals surface area contributed by atoms with Gasteiger partial charge in [-0.15, -0.1) is 0 Å². The molecule has 3 rings (SSSR count). The van der Waals surface area contributed by atoms with Crippen molar-refractivity contribution in [1.82, 2.24) is 4.98 Å². The second-order valence-corrected chi connectivity index (χ2v) is 4.66. The summed E-state index contributed by atoms with van der Waals surface area (Å²) in [6, 6.07) is 9.43. The zero-order valence-corrected chi connectivity index (χ0v) is 10.7. The summed E-state index contributed by atoms with van der Waals surface area (Å²) in [6.07, 6.45) is 1.70. The maximum Gasteiger partial charge on any atom is 0.231 e. The van der Waals surface area contributed by atoms with Crippen LogP contribution in [0, 0.1) is 6.92 Å². The predicted octanol–water partition coefficient (Wildman–Crippen LogP) is 2.39. The van der Waals surface area contributed by atoms with Crippen LogP contribution in [0.15, 0.2) is 36.5 Å². The average molecular weight is 257 g/mol. The Morgan fingerprint density at radius 1 is 1.21 bits per heavy atom. The third-order valence-electron chi connectivity index (χ3n) is 3.16. The molecule has 0 amide bonds. The Kier molecular flexibility index (Phi) is 3.09. The maximum atomic E-state index is 10.2. The lowest BCUT2D eigenvalue weighted by Crippen LogP contribution is -2.03. The molecule has 1 N–H and O–H groups in total. The number of benzene rings is 1. The van der Waals surface area contributed by atoms with Crippen LogP contribution in [0.25, 0.3) is 0 Å². The summed E-state index contributed by atoms with van der Waals surface area (Å²) >= 11 is 0. The van der Waals surface area contributed by atoms with Gasteiger partial charge in [-0.2, -0.15) is 0 Å². The maximum absolute atomic E-state index is 10.2. The van der Waals surface area contributed by atoms with Gasteiger partial charge >= 0.3 is 0 Å². The fourth-order valence-corrected chi connectivity index (χ4v) is 2.06. The normalized spacial score (nSPS) is 14.4. The molecule has 98 valence electrons. The molecule has 2 aromatic rings. The molecule has 1 aliphatic rings. The van der Waals surface area contributed by atoms with E-state index in [0.717, 1.165) is 22.6 Å². The van der Waals surface area contributed by atoms with Crippen molar-refractivity contribution in [3.63, 3.8) is 0 Å². The largest absolute Gasteiger partial charge is 0.454 e. The van der Waals surface area contributed by atoms with E-state index in [9.17, 15) is 5.11 Å². The third kappa shape index (κ3) is 2.53. The van der Waals surface area contributed by atoms with Crippen molar-refractivity contribution in [2.24, 2.45) is 0 Å². The molecule has 4 heteroatoms. The van der Waals surface area contributed by atoms with Crippen molar-refractivity contribution >= 4 is 0 Å². The molecule has 1 atom stereocenters. The van der Waals surface area contributed by atoms with Crippen LogP contribution in [0.1, 0.15) is 22.9 Å². The van der Waals surface area contributed by atoms with Gasteiger partial charge in [-0.3, -0.25) is 4.98 Å². The van der Waals surface area contributed by atoms with E-state index in [1.807, 2.05) is 43.5 Å². The minimum Gasteiger partial charge on any atom is -0.454 e. The molecular formula is C15H15NO3. The van der Waals surface area contributed by atoms with Gasteiger partial charge in [-0.1, -0.05) is 12.1 Å². The first-order chi connectivity index (χ1) is 9.22. The molecule has 0 radical (unpaired) electrons. The Morgan fingerprint density at radius 3 is 2.84 bits per heavy atom. The zero-order chi connectivity index (χ0) is 13.2. The zero-order valence-electron chi connectivity index (χ0n) is 10.7. The standard InChI is InChI=1S/C15H15NO3/c1-10-2-4-12(16-8-10)7-13(17)11-3-5-14-15(6-11)19-9-18-14/h2-6,8,13,17H,7,9H2,1H3. The number of rotatable bonds is 3. The summed E-state index contributed by atoms with van der Waals surface area (Å²) in [5, 5.41) is 10.2. The van der Waals surface area contributed by atoms with Gasteiger partial charge < -0.3 is 14.6 Å². The summed E-state index contributed by atoms with van der Waals surface area (Å²) in [4.78, 5) is 4.30. The first-order valence-corrected chi connectivity index (χ1v) is 6.21. The number of nitrogens with zero attached hydrogens (tertiary/aromatic N) is 1. The number of aromatic nitrogens is 1. The van der Waals surface area contributed by atoms with Crippen LogP contribution in [0.3, 0.4) is 0 Å². The Hall–Kier alpha value is -2.07. The highest BCUT2D eigenvalue weighted by molar-refractivity contribution is 5.45. The van der Waals surface area contributed by atoms with Crippen LogP contribution in [0.2, 0.25) is 0 Å². The lowest BCUT2D eigenvalue weighted by molar-refractivity contribution is 0.171. The first-order valence-electron chi connectivity index (χ1n) is 6.21. The number of aryl methyl sites for hydroxylation is 1. The van der Waals surface area contributed by atoms with Crippen LogP contribution in [0.4, 0.5) is 0 Å². The molecule has 0 aliphatic carbocycles. The second-order valence-electron chi connectivity index (χ2n) is 4.66. The van der Waals surface area contributed by atoms with Gasteiger partial charge in [0.2, 0.25) is 6.79 Å². The van der Waals surface area contributed by atoms with Gasteiger partial charge in [-0.25, -0.2) is 0 Å². The van der Waals surface area contributed by atoms with Gasteiger partial charge in [-0.05, 0) is 36.2 Å². The number of fused-ring (bicyclic) bond motifs is 1. The summed E-state index contributed by atoms with van der Waals surface area (Å²) in [5.41, 5.74) is 2.80. The summed E-state index contributed by atoms with van der Waals surface area (Å²) < 4.78 is 10.6. The monoisotopic (exact) mass is 257 g/mol. The van der Waals surface area contributed by atoms with E-state index >= 15 is 0 Å². The fraction of sp³-hybridized carbons (Fsp3) is 0.267. The van der Waals surface area contributed by atoms with Crippen LogP contribution >= 0.6 is 0 Å². The van der Waals surface area contributed by atoms with Crippen molar-refractivity contribution in [2.45, 2.75) is 19.4 Å². The highest BCUT2D eigenvalue weighted by atomic mass is 16.7.